The highest BCUT2D eigenvalue weighted by Crippen LogP contribution is 2.12. The summed E-state index contributed by atoms with van der Waals surface area (Å²) >= 11 is 1.49. The molecule has 7 heteroatoms. The van der Waals surface area contributed by atoms with Gasteiger partial charge in [0.1, 0.15) is 0 Å². The fourth-order valence-electron chi connectivity index (χ4n) is 1.77. The van der Waals surface area contributed by atoms with E-state index in [0.29, 0.717) is 11.3 Å². The number of nitrogens with one attached hydrogen (secondary N) is 1. The highest BCUT2D eigenvalue weighted by atomic mass is 32.1. The predicted octanol–water partition coefficient (Wildman–Crippen LogP) is 2.43. The maximum Gasteiger partial charge on any atom is 0.331 e. The molecule has 3 N–H and O–H groups in total. The van der Waals surface area contributed by atoms with Crippen LogP contribution in [-0.2, 0) is 14.3 Å². The van der Waals surface area contributed by atoms with E-state index < -0.39 is 23.9 Å². The molecular weight excluding hydrogens is 328 g/mol. The van der Waals surface area contributed by atoms with Crippen LogP contribution >= 0.6 is 11.3 Å². The van der Waals surface area contributed by atoms with Gasteiger partial charge in [-0.25, -0.2) is 4.79 Å². The third-order valence-electron chi connectivity index (χ3n) is 3.03. The Kier molecular flexibility index (Phi) is 5.86. The fourth-order valence-corrected chi connectivity index (χ4v) is 2.38. The number of amides is 2. The first-order valence-electron chi connectivity index (χ1n) is 7.08. The number of nitrogens with two attached hydrogens (primary N) is 1. The topological polar surface area (TPSA) is 98.5 Å². The minimum atomic E-state index is -0.957. The molecule has 1 aromatic carbocycles. The normalized spacial score (nSPS) is 11.9. The molecule has 2 amide bonds. The van der Waals surface area contributed by atoms with Crippen LogP contribution in [0.4, 0.5) is 5.69 Å². The maximum absolute atomic E-state index is 12.0. The number of ether oxygens (including phenoxy) is 1. The van der Waals surface area contributed by atoms with E-state index in [1.807, 2.05) is 17.5 Å². The molecule has 0 radical (unpaired) electrons. The summed E-state index contributed by atoms with van der Waals surface area (Å²) in [4.78, 5) is 35.6. The van der Waals surface area contributed by atoms with Crippen molar-refractivity contribution in [2.45, 2.75) is 13.0 Å². The number of rotatable bonds is 6. The first-order chi connectivity index (χ1) is 11.5. The highest BCUT2D eigenvalue weighted by molar-refractivity contribution is 7.10. The molecular formula is C17H16N2O4S. The molecule has 0 aliphatic carbocycles. The maximum atomic E-state index is 12.0. The van der Waals surface area contributed by atoms with Crippen LogP contribution in [0.1, 0.15) is 22.2 Å². The van der Waals surface area contributed by atoms with Crippen LogP contribution in [0.2, 0.25) is 0 Å². The molecule has 6 nitrogen and oxygen atoms in total. The second-order valence-corrected chi connectivity index (χ2v) is 5.84. The Bertz CT molecular complexity index is 751. The highest BCUT2D eigenvalue weighted by Gasteiger charge is 2.16. The Labute approximate surface area is 142 Å². The minimum Gasteiger partial charge on any atom is -0.449 e. The predicted molar refractivity (Wildman–Crippen MR) is 92.5 cm³/mol. The lowest BCUT2D eigenvalue weighted by atomic mass is 10.2. The van der Waals surface area contributed by atoms with Gasteiger partial charge in [-0.2, -0.15) is 0 Å². The molecule has 2 aromatic rings. The Balaban J connectivity index is 1.87. The van der Waals surface area contributed by atoms with Crippen molar-refractivity contribution >= 4 is 40.9 Å². The minimum absolute atomic E-state index is 0.339. The molecule has 0 unspecified atom stereocenters. The van der Waals surface area contributed by atoms with Crippen LogP contribution in [0.3, 0.4) is 0 Å². The summed E-state index contributed by atoms with van der Waals surface area (Å²) in [6.45, 7) is 1.48. The molecule has 24 heavy (non-hydrogen) atoms. The largest absolute Gasteiger partial charge is 0.449 e. The zero-order valence-corrected chi connectivity index (χ0v) is 13.7. The Morgan fingerprint density at radius 1 is 1.21 bits per heavy atom. The second kappa shape index (κ2) is 8.07. The van der Waals surface area contributed by atoms with E-state index in [1.165, 1.54) is 36.5 Å². The lowest BCUT2D eigenvalue weighted by Gasteiger charge is -2.12. The van der Waals surface area contributed by atoms with Gasteiger partial charge in [-0.1, -0.05) is 6.07 Å². The van der Waals surface area contributed by atoms with Crippen molar-refractivity contribution < 1.29 is 19.1 Å². The third kappa shape index (κ3) is 5.06. The molecule has 1 atom stereocenters. The molecule has 0 saturated heterocycles. The molecule has 0 aliphatic heterocycles. The molecule has 0 saturated carbocycles. The summed E-state index contributed by atoms with van der Waals surface area (Å²) in [6.07, 6.45) is 1.94. The van der Waals surface area contributed by atoms with Crippen LogP contribution in [-0.4, -0.2) is 23.9 Å². The number of anilines is 1. The van der Waals surface area contributed by atoms with E-state index in [9.17, 15) is 14.4 Å². The second-order valence-electron chi connectivity index (χ2n) is 4.86. The first-order valence-corrected chi connectivity index (χ1v) is 7.96. The number of hydrogen-bond donors (Lipinski definition) is 2. The number of primary amides is 1. The number of hydrogen-bond acceptors (Lipinski definition) is 5. The van der Waals surface area contributed by atoms with Crippen LogP contribution in [0, 0.1) is 0 Å². The van der Waals surface area contributed by atoms with Crippen LogP contribution < -0.4 is 11.1 Å². The van der Waals surface area contributed by atoms with Gasteiger partial charge in [-0.15, -0.1) is 11.3 Å². The molecule has 2 rings (SSSR count). The Morgan fingerprint density at radius 3 is 2.50 bits per heavy atom. The standard InChI is InChI=1S/C17H16N2O4S/c1-11(23-15(20)9-8-14-3-2-10-24-14)17(22)19-13-6-4-12(5-7-13)16(18)21/h2-11H,1H3,(H2,18,21)(H,19,22)/b9-8+/t11-/m0/s1. The van der Waals surface area contributed by atoms with E-state index in [2.05, 4.69) is 5.32 Å². The van der Waals surface area contributed by atoms with Crippen LogP contribution in [0.25, 0.3) is 6.08 Å². The number of carbonyl (C=O) groups is 3. The monoisotopic (exact) mass is 344 g/mol. The smallest absolute Gasteiger partial charge is 0.331 e. The number of carbonyl (C=O) groups excluding carboxylic acids is 3. The van der Waals surface area contributed by atoms with Crippen molar-refractivity contribution in [1.82, 2.24) is 0 Å². The number of esters is 1. The summed E-state index contributed by atoms with van der Waals surface area (Å²) in [7, 11) is 0. The quantitative estimate of drug-likeness (QED) is 0.621. The van der Waals surface area contributed by atoms with E-state index in [-0.39, 0.29) is 0 Å². The van der Waals surface area contributed by atoms with Gasteiger partial charge in [-0.3, -0.25) is 9.59 Å². The van der Waals surface area contributed by atoms with Crippen molar-refractivity contribution in [3.8, 4) is 0 Å². The summed E-state index contributed by atoms with van der Waals surface area (Å²) in [5.41, 5.74) is 5.96. The van der Waals surface area contributed by atoms with Gasteiger partial charge in [0.05, 0.1) is 0 Å². The summed E-state index contributed by atoms with van der Waals surface area (Å²) in [6, 6.07) is 9.82. The molecule has 0 bridgehead atoms. The zero-order valence-electron chi connectivity index (χ0n) is 12.9. The van der Waals surface area contributed by atoms with Gasteiger partial charge in [-0.05, 0) is 48.7 Å². The molecule has 0 aliphatic rings. The summed E-state index contributed by atoms with van der Waals surface area (Å²) in [5.74, 6) is -1.62. The van der Waals surface area contributed by atoms with E-state index in [1.54, 1.807) is 18.2 Å². The van der Waals surface area contributed by atoms with Gasteiger partial charge in [0, 0.05) is 22.2 Å². The zero-order chi connectivity index (χ0) is 17.5. The van der Waals surface area contributed by atoms with Crippen LogP contribution in [0.15, 0.2) is 47.9 Å². The van der Waals surface area contributed by atoms with E-state index in [4.69, 9.17) is 10.5 Å². The van der Waals surface area contributed by atoms with Crippen molar-refractivity contribution in [2.75, 3.05) is 5.32 Å². The molecule has 0 spiro atoms. The Hall–Kier alpha value is -2.93. The van der Waals surface area contributed by atoms with Crippen molar-refractivity contribution in [1.29, 1.82) is 0 Å². The molecule has 0 fully saturated rings. The van der Waals surface area contributed by atoms with E-state index in [0.717, 1.165) is 4.88 Å². The van der Waals surface area contributed by atoms with Gasteiger partial charge in [0.15, 0.2) is 6.10 Å². The average Bonchev–Trinajstić information content (AvgIpc) is 3.06. The first kappa shape index (κ1) is 17.4. The van der Waals surface area contributed by atoms with Gasteiger partial charge in [0.2, 0.25) is 5.91 Å². The molecule has 1 aromatic heterocycles. The van der Waals surface area contributed by atoms with Gasteiger partial charge >= 0.3 is 5.97 Å². The van der Waals surface area contributed by atoms with Crippen molar-refractivity contribution in [3.05, 3.63) is 58.3 Å². The SMILES string of the molecule is C[C@H](OC(=O)/C=C/c1cccs1)C(=O)Nc1ccc(C(N)=O)cc1. The molecule has 1 heterocycles. The number of benzene rings is 1. The summed E-state index contributed by atoms with van der Waals surface area (Å²) in [5, 5.41) is 4.49. The lowest BCUT2D eigenvalue weighted by molar-refractivity contribution is -0.148. The van der Waals surface area contributed by atoms with E-state index >= 15 is 0 Å². The third-order valence-corrected chi connectivity index (χ3v) is 3.86. The van der Waals surface area contributed by atoms with Crippen LogP contribution in [0.5, 0.6) is 0 Å². The van der Waals surface area contributed by atoms with Crippen molar-refractivity contribution in [3.63, 3.8) is 0 Å². The van der Waals surface area contributed by atoms with Gasteiger partial charge < -0.3 is 15.8 Å². The molecule has 124 valence electrons. The number of thiophene rings is 1. The fraction of sp³-hybridized carbons (Fsp3) is 0.118. The average molecular weight is 344 g/mol. The Morgan fingerprint density at radius 2 is 1.92 bits per heavy atom. The van der Waals surface area contributed by atoms with Gasteiger partial charge in [0.25, 0.3) is 5.91 Å². The summed E-state index contributed by atoms with van der Waals surface area (Å²) < 4.78 is 5.04. The lowest BCUT2D eigenvalue weighted by Crippen LogP contribution is -2.29. The van der Waals surface area contributed by atoms with Crippen molar-refractivity contribution in [2.24, 2.45) is 5.73 Å².